The molecule has 166 valence electrons. The quantitative estimate of drug-likeness (QED) is 0.348. The van der Waals surface area contributed by atoms with Crippen LogP contribution in [0.4, 0.5) is 0 Å². The fourth-order valence-corrected chi connectivity index (χ4v) is 4.06. The van der Waals surface area contributed by atoms with Crippen molar-refractivity contribution in [3.05, 3.63) is 82.8 Å². The summed E-state index contributed by atoms with van der Waals surface area (Å²) >= 11 is 0. The van der Waals surface area contributed by atoms with Gasteiger partial charge in [0.1, 0.15) is 6.33 Å². The molecule has 0 saturated heterocycles. The second kappa shape index (κ2) is 10.2. The number of aromatic nitrogens is 6. The molecule has 0 aliphatic heterocycles. The summed E-state index contributed by atoms with van der Waals surface area (Å²) in [5, 5.41) is 11.5. The highest BCUT2D eigenvalue weighted by molar-refractivity contribution is 5.72. The minimum atomic E-state index is 0.0951. The molecule has 0 aliphatic carbocycles. The number of para-hydroxylation sites is 1. The Labute approximate surface area is 188 Å². The van der Waals surface area contributed by atoms with E-state index in [0.717, 1.165) is 66.7 Å². The zero-order valence-corrected chi connectivity index (χ0v) is 18.8. The summed E-state index contributed by atoms with van der Waals surface area (Å²) in [5.41, 5.74) is 5.38. The monoisotopic (exact) mass is 430 g/mol. The molecule has 32 heavy (non-hydrogen) atoms. The Balaban J connectivity index is 1.58. The molecular weight excluding hydrogens is 400 g/mol. The zero-order valence-electron chi connectivity index (χ0n) is 18.8. The number of rotatable bonds is 10. The van der Waals surface area contributed by atoms with Crippen LogP contribution in [0.25, 0.3) is 16.8 Å². The SMILES string of the molecule is CCCCCn1cc(CCC)n(Cc2ccc(-c3ccccc3-n3cnnn3)cc2)c1=O. The highest BCUT2D eigenvalue weighted by Crippen LogP contribution is 2.26. The molecular formula is C25H30N6O. The van der Waals surface area contributed by atoms with Crippen molar-refractivity contribution in [1.29, 1.82) is 0 Å². The highest BCUT2D eigenvalue weighted by Gasteiger charge is 2.12. The summed E-state index contributed by atoms with van der Waals surface area (Å²) in [7, 11) is 0. The first kappa shape index (κ1) is 21.7. The lowest BCUT2D eigenvalue weighted by Gasteiger charge is -2.10. The lowest BCUT2D eigenvalue weighted by molar-refractivity contribution is 0.573. The Morgan fingerprint density at radius 3 is 2.47 bits per heavy atom. The maximum Gasteiger partial charge on any atom is 0.328 e. The summed E-state index contributed by atoms with van der Waals surface area (Å²) in [6.07, 6.45) is 8.92. The Morgan fingerprint density at radius 2 is 1.75 bits per heavy atom. The Bertz CT molecular complexity index is 1190. The fraction of sp³-hybridized carbons (Fsp3) is 0.360. The second-order valence-electron chi connectivity index (χ2n) is 8.11. The van der Waals surface area contributed by atoms with Gasteiger partial charge in [0.2, 0.25) is 0 Å². The van der Waals surface area contributed by atoms with Crippen LogP contribution in [-0.4, -0.2) is 29.3 Å². The predicted octanol–water partition coefficient (Wildman–Crippen LogP) is 4.48. The van der Waals surface area contributed by atoms with Crippen LogP contribution in [0.15, 0.2) is 65.8 Å². The summed E-state index contributed by atoms with van der Waals surface area (Å²) in [6.45, 7) is 5.72. The van der Waals surface area contributed by atoms with Gasteiger partial charge < -0.3 is 0 Å². The Morgan fingerprint density at radius 1 is 0.938 bits per heavy atom. The summed E-state index contributed by atoms with van der Waals surface area (Å²) in [5.74, 6) is 0. The Hall–Kier alpha value is -3.48. The zero-order chi connectivity index (χ0) is 22.3. The van der Waals surface area contributed by atoms with Crippen LogP contribution in [0.1, 0.15) is 50.8 Å². The topological polar surface area (TPSA) is 70.5 Å². The maximum absolute atomic E-state index is 13.0. The molecule has 2 heterocycles. The van der Waals surface area contributed by atoms with Gasteiger partial charge in [-0.3, -0.25) is 9.13 Å². The van der Waals surface area contributed by atoms with Gasteiger partial charge in [-0.2, -0.15) is 4.68 Å². The van der Waals surface area contributed by atoms with E-state index in [1.807, 2.05) is 27.3 Å². The second-order valence-corrected chi connectivity index (χ2v) is 8.11. The van der Waals surface area contributed by atoms with Crippen molar-refractivity contribution in [1.82, 2.24) is 29.3 Å². The number of unbranched alkanes of at least 4 members (excludes halogenated alkanes) is 2. The van der Waals surface area contributed by atoms with E-state index in [0.29, 0.717) is 6.54 Å². The molecule has 7 heteroatoms. The summed E-state index contributed by atoms with van der Waals surface area (Å²) in [4.78, 5) is 13.0. The van der Waals surface area contributed by atoms with Crippen molar-refractivity contribution in [3.63, 3.8) is 0 Å². The molecule has 0 amide bonds. The molecule has 7 nitrogen and oxygen atoms in total. The van der Waals surface area contributed by atoms with E-state index in [9.17, 15) is 4.79 Å². The van der Waals surface area contributed by atoms with Gasteiger partial charge in [-0.15, -0.1) is 5.10 Å². The highest BCUT2D eigenvalue weighted by atomic mass is 16.1. The van der Waals surface area contributed by atoms with Gasteiger partial charge >= 0.3 is 5.69 Å². The molecule has 0 aliphatic rings. The Kier molecular flexibility index (Phi) is 6.94. The van der Waals surface area contributed by atoms with Gasteiger partial charge in [-0.1, -0.05) is 75.6 Å². The molecule has 4 rings (SSSR count). The van der Waals surface area contributed by atoms with E-state index in [2.05, 4.69) is 65.9 Å². The lowest BCUT2D eigenvalue weighted by atomic mass is 10.0. The van der Waals surface area contributed by atoms with Gasteiger partial charge in [0.15, 0.2) is 0 Å². The van der Waals surface area contributed by atoms with E-state index < -0.39 is 0 Å². The summed E-state index contributed by atoms with van der Waals surface area (Å²) < 4.78 is 5.48. The number of nitrogens with zero attached hydrogens (tertiary/aromatic N) is 6. The lowest BCUT2D eigenvalue weighted by Crippen LogP contribution is -2.25. The number of hydrogen-bond acceptors (Lipinski definition) is 4. The first-order chi connectivity index (χ1) is 15.7. The van der Waals surface area contributed by atoms with E-state index >= 15 is 0 Å². The molecule has 0 fully saturated rings. The van der Waals surface area contributed by atoms with Crippen molar-refractivity contribution in [3.8, 4) is 16.8 Å². The maximum atomic E-state index is 13.0. The van der Waals surface area contributed by atoms with Crippen molar-refractivity contribution < 1.29 is 0 Å². The van der Waals surface area contributed by atoms with E-state index in [-0.39, 0.29) is 5.69 Å². The molecule has 0 bridgehead atoms. The standard InChI is InChI=1S/C25H30N6O/c1-3-5-8-16-29-18-22(9-4-2)30(25(29)32)17-20-12-14-21(15-13-20)23-10-6-7-11-24(23)31-19-26-27-28-31/h6-7,10-15,18-19H,3-5,8-9,16-17H2,1-2H3. The van der Waals surface area contributed by atoms with E-state index in [1.165, 1.54) is 0 Å². The van der Waals surface area contributed by atoms with Gasteiger partial charge in [0.05, 0.1) is 12.2 Å². The van der Waals surface area contributed by atoms with Crippen molar-refractivity contribution in [2.45, 2.75) is 59.0 Å². The molecule has 0 radical (unpaired) electrons. The van der Waals surface area contributed by atoms with Gasteiger partial charge in [0, 0.05) is 24.0 Å². The molecule has 4 aromatic rings. The minimum Gasteiger partial charge on any atom is -0.299 e. The fourth-order valence-electron chi connectivity index (χ4n) is 4.06. The molecule has 0 unspecified atom stereocenters. The first-order valence-electron chi connectivity index (χ1n) is 11.4. The molecule has 2 aromatic heterocycles. The predicted molar refractivity (Wildman–Crippen MR) is 126 cm³/mol. The van der Waals surface area contributed by atoms with Crippen molar-refractivity contribution >= 4 is 0 Å². The average molecular weight is 431 g/mol. The average Bonchev–Trinajstić information content (AvgIpc) is 3.45. The number of tetrazole rings is 1. The number of benzene rings is 2. The van der Waals surface area contributed by atoms with E-state index in [1.54, 1.807) is 11.0 Å². The minimum absolute atomic E-state index is 0.0951. The first-order valence-corrected chi connectivity index (χ1v) is 11.4. The van der Waals surface area contributed by atoms with Crippen LogP contribution in [0.3, 0.4) is 0 Å². The van der Waals surface area contributed by atoms with Gasteiger partial charge in [0.25, 0.3) is 0 Å². The van der Waals surface area contributed by atoms with Crippen LogP contribution in [-0.2, 0) is 19.5 Å². The normalized spacial score (nSPS) is 11.2. The summed E-state index contributed by atoms with van der Waals surface area (Å²) in [6, 6.07) is 16.4. The third kappa shape index (κ3) is 4.72. The van der Waals surface area contributed by atoms with E-state index in [4.69, 9.17) is 0 Å². The molecule has 2 aromatic carbocycles. The van der Waals surface area contributed by atoms with Crippen molar-refractivity contribution in [2.75, 3.05) is 0 Å². The third-order valence-corrected chi connectivity index (χ3v) is 5.74. The van der Waals surface area contributed by atoms with Crippen LogP contribution in [0, 0.1) is 0 Å². The smallest absolute Gasteiger partial charge is 0.299 e. The van der Waals surface area contributed by atoms with Crippen LogP contribution < -0.4 is 5.69 Å². The van der Waals surface area contributed by atoms with Crippen LogP contribution in [0.5, 0.6) is 0 Å². The van der Waals surface area contributed by atoms with Crippen molar-refractivity contribution in [2.24, 2.45) is 0 Å². The van der Waals surface area contributed by atoms with Crippen LogP contribution >= 0.6 is 0 Å². The number of hydrogen-bond donors (Lipinski definition) is 0. The third-order valence-electron chi connectivity index (χ3n) is 5.74. The molecule has 0 N–H and O–H groups in total. The van der Waals surface area contributed by atoms with Gasteiger partial charge in [-0.05, 0) is 40.5 Å². The van der Waals surface area contributed by atoms with Gasteiger partial charge in [-0.25, -0.2) is 4.79 Å². The number of aryl methyl sites for hydroxylation is 2. The molecule has 0 spiro atoms. The molecule has 0 saturated carbocycles. The molecule has 0 atom stereocenters. The number of imidazole rings is 1. The largest absolute Gasteiger partial charge is 0.328 e. The van der Waals surface area contributed by atoms with Crippen LogP contribution in [0.2, 0.25) is 0 Å².